The van der Waals surface area contributed by atoms with Crippen LogP contribution in [0.2, 0.25) is 0 Å². The highest BCUT2D eigenvalue weighted by atomic mass is 16.5. The molecule has 1 aromatic carbocycles. The first-order chi connectivity index (χ1) is 8.65. The molecule has 1 heterocycles. The van der Waals surface area contributed by atoms with Gasteiger partial charge >= 0.3 is 5.97 Å². The molecule has 0 aliphatic carbocycles. The molecule has 0 saturated carbocycles. The molecular weight excluding hydrogens is 236 g/mol. The molecule has 1 amide bonds. The summed E-state index contributed by atoms with van der Waals surface area (Å²) in [6.45, 7) is 0.410. The van der Waals surface area contributed by atoms with E-state index in [1.54, 1.807) is 18.2 Å². The van der Waals surface area contributed by atoms with E-state index in [-0.39, 0.29) is 18.2 Å². The summed E-state index contributed by atoms with van der Waals surface area (Å²) >= 11 is 0. The fourth-order valence-corrected chi connectivity index (χ4v) is 1.98. The third-order valence-electron chi connectivity index (χ3n) is 2.90. The number of methoxy groups -OCH3 is 1. The summed E-state index contributed by atoms with van der Waals surface area (Å²) in [5.41, 5.74) is 3.36. The Morgan fingerprint density at radius 2 is 2.33 bits per heavy atom. The number of benzene rings is 1. The average molecular weight is 250 g/mol. The van der Waals surface area contributed by atoms with Crippen molar-refractivity contribution >= 4 is 11.9 Å². The van der Waals surface area contributed by atoms with Crippen molar-refractivity contribution in [3.63, 3.8) is 0 Å². The summed E-state index contributed by atoms with van der Waals surface area (Å²) in [6.07, 6.45) is 0.230. The minimum atomic E-state index is -0.410. The zero-order valence-electron chi connectivity index (χ0n) is 9.93. The first kappa shape index (κ1) is 12.4. The number of carbonyl (C=O) groups excluding carboxylic acids is 2. The van der Waals surface area contributed by atoms with Gasteiger partial charge in [-0.15, -0.1) is 0 Å². The van der Waals surface area contributed by atoms with Crippen molar-refractivity contribution < 1.29 is 19.1 Å². The Morgan fingerprint density at radius 3 is 3.00 bits per heavy atom. The van der Waals surface area contributed by atoms with Crippen LogP contribution in [0.5, 0.6) is 5.75 Å². The number of nitrogens with two attached hydrogens (primary N) is 1. The standard InChI is InChI=1S/C12H14N2O4/c1-17-12(16)7-2-3-10-9(4-7)8(6-18-10)5-11(15)14-13/h2-4,8H,5-6,13H2,1H3,(H,14,15). The molecule has 1 unspecified atom stereocenters. The Bertz CT molecular complexity index is 487. The quantitative estimate of drug-likeness (QED) is 0.349. The van der Waals surface area contributed by atoms with E-state index < -0.39 is 5.97 Å². The first-order valence-electron chi connectivity index (χ1n) is 5.50. The number of esters is 1. The number of hydrogen-bond acceptors (Lipinski definition) is 5. The van der Waals surface area contributed by atoms with Gasteiger partial charge in [-0.25, -0.2) is 10.6 Å². The monoisotopic (exact) mass is 250 g/mol. The summed E-state index contributed by atoms with van der Waals surface area (Å²) in [7, 11) is 1.32. The Hall–Kier alpha value is -2.08. The van der Waals surface area contributed by atoms with E-state index in [0.29, 0.717) is 17.9 Å². The van der Waals surface area contributed by atoms with Crippen molar-refractivity contribution in [1.29, 1.82) is 0 Å². The third-order valence-corrected chi connectivity index (χ3v) is 2.90. The topological polar surface area (TPSA) is 90.7 Å². The smallest absolute Gasteiger partial charge is 0.337 e. The Kier molecular flexibility index (Phi) is 3.47. The largest absolute Gasteiger partial charge is 0.493 e. The molecule has 0 spiro atoms. The van der Waals surface area contributed by atoms with Gasteiger partial charge < -0.3 is 9.47 Å². The Labute approximate surface area is 104 Å². The van der Waals surface area contributed by atoms with Gasteiger partial charge in [0.1, 0.15) is 5.75 Å². The number of hydrogen-bond donors (Lipinski definition) is 2. The number of rotatable bonds is 3. The molecule has 0 radical (unpaired) electrons. The highest BCUT2D eigenvalue weighted by molar-refractivity contribution is 5.90. The van der Waals surface area contributed by atoms with Crippen LogP contribution in [0.25, 0.3) is 0 Å². The summed E-state index contributed by atoms with van der Waals surface area (Å²) in [5.74, 6) is 4.98. The molecule has 3 N–H and O–H groups in total. The highest BCUT2D eigenvalue weighted by Gasteiger charge is 2.27. The van der Waals surface area contributed by atoms with Crippen molar-refractivity contribution in [3.05, 3.63) is 29.3 Å². The van der Waals surface area contributed by atoms with E-state index >= 15 is 0 Å². The fourth-order valence-electron chi connectivity index (χ4n) is 1.98. The predicted octanol–water partition coefficient (Wildman–Crippen LogP) is 0.329. The maximum atomic E-state index is 11.4. The van der Waals surface area contributed by atoms with Crippen LogP contribution in [0.3, 0.4) is 0 Å². The van der Waals surface area contributed by atoms with Gasteiger partial charge in [-0.3, -0.25) is 10.2 Å². The number of nitrogens with one attached hydrogen (secondary N) is 1. The van der Waals surface area contributed by atoms with E-state index in [0.717, 1.165) is 5.56 Å². The summed E-state index contributed by atoms with van der Waals surface area (Å²) in [6, 6.07) is 5.04. The van der Waals surface area contributed by atoms with E-state index in [9.17, 15) is 9.59 Å². The van der Waals surface area contributed by atoms with E-state index in [1.165, 1.54) is 7.11 Å². The van der Waals surface area contributed by atoms with Crippen molar-refractivity contribution in [2.75, 3.05) is 13.7 Å². The Morgan fingerprint density at radius 1 is 1.56 bits per heavy atom. The molecule has 1 atom stereocenters. The van der Waals surface area contributed by atoms with Crippen LogP contribution >= 0.6 is 0 Å². The van der Waals surface area contributed by atoms with Crippen LogP contribution in [0.15, 0.2) is 18.2 Å². The number of ether oxygens (including phenoxy) is 2. The van der Waals surface area contributed by atoms with E-state index in [4.69, 9.17) is 10.6 Å². The average Bonchev–Trinajstić information content (AvgIpc) is 2.80. The van der Waals surface area contributed by atoms with Crippen molar-refractivity contribution in [2.24, 2.45) is 5.84 Å². The summed E-state index contributed by atoms with van der Waals surface area (Å²) in [5, 5.41) is 0. The van der Waals surface area contributed by atoms with Gasteiger partial charge in [0.25, 0.3) is 0 Å². The zero-order chi connectivity index (χ0) is 13.1. The lowest BCUT2D eigenvalue weighted by Gasteiger charge is -2.08. The molecule has 1 aliphatic rings. The van der Waals surface area contributed by atoms with Crippen molar-refractivity contribution in [1.82, 2.24) is 5.43 Å². The van der Waals surface area contributed by atoms with Gasteiger partial charge in [0.05, 0.1) is 19.3 Å². The Balaban J connectivity index is 2.24. The molecule has 0 bridgehead atoms. The third kappa shape index (κ3) is 2.28. The van der Waals surface area contributed by atoms with Crippen LogP contribution < -0.4 is 16.0 Å². The first-order valence-corrected chi connectivity index (χ1v) is 5.50. The fraction of sp³-hybridized carbons (Fsp3) is 0.333. The van der Waals surface area contributed by atoms with Crippen LogP contribution in [0.4, 0.5) is 0 Å². The molecule has 96 valence electrons. The molecule has 0 saturated heterocycles. The molecule has 0 fully saturated rings. The van der Waals surface area contributed by atoms with Gasteiger partial charge in [-0.1, -0.05) is 0 Å². The van der Waals surface area contributed by atoms with Crippen molar-refractivity contribution in [3.8, 4) is 5.75 Å². The normalized spacial score (nSPS) is 16.7. The minimum absolute atomic E-state index is 0.0897. The van der Waals surface area contributed by atoms with Crippen LogP contribution in [0.1, 0.15) is 28.3 Å². The second-order valence-electron chi connectivity index (χ2n) is 4.02. The van der Waals surface area contributed by atoms with Crippen molar-refractivity contribution in [2.45, 2.75) is 12.3 Å². The van der Waals surface area contributed by atoms with Crippen LogP contribution in [-0.4, -0.2) is 25.6 Å². The number of hydrazine groups is 1. The lowest BCUT2D eigenvalue weighted by molar-refractivity contribution is -0.121. The van der Waals surface area contributed by atoms with Gasteiger partial charge in [-0.05, 0) is 18.2 Å². The minimum Gasteiger partial charge on any atom is -0.493 e. The highest BCUT2D eigenvalue weighted by Crippen LogP contribution is 2.36. The molecule has 2 rings (SSSR count). The van der Waals surface area contributed by atoms with Gasteiger partial charge in [0.2, 0.25) is 5.91 Å². The molecule has 18 heavy (non-hydrogen) atoms. The lowest BCUT2D eigenvalue weighted by atomic mass is 9.96. The summed E-state index contributed by atoms with van der Waals surface area (Å²) < 4.78 is 10.1. The molecular formula is C12H14N2O4. The van der Waals surface area contributed by atoms with Gasteiger partial charge in [0, 0.05) is 17.9 Å². The molecule has 6 heteroatoms. The maximum absolute atomic E-state index is 11.4. The SMILES string of the molecule is COC(=O)c1ccc2c(c1)C(CC(=O)NN)CO2. The van der Waals surface area contributed by atoms with E-state index in [2.05, 4.69) is 10.2 Å². The molecule has 1 aromatic rings. The summed E-state index contributed by atoms with van der Waals surface area (Å²) in [4.78, 5) is 22.7. The number of fused-ring (bicyclic) bond motifs is 1. The molecule has 6 nitrogen and oxygen atoms in total. The predicted molar refractivity (Wildman–Crippen MR) is 63.0 cm³/mol. The molecule has 0 aromatic heterocycles. The van der Waals surface area contributed by atoms with E-state index in [1.807, 2.05) is 0 Å². The van der Waals surface area contributed by atoms with Gasteiger partial charge in [0.15, 0.2) is 0 Å². The van der Waals surface area contributed by atoms with Crippen LogP contribution in [-0.2, 0) is 9.53 Å². The second-order valence-corrected chi connectivity index (χ2v) is 4.02. The number of carbonyl (C=O) groups is 2. The molecule has 1 aliphatic heterocycles. The number of amides is 1. The second kappa shape index (κ2) is 5.05. The van der Waals surface area contributed by atoms with Gasteiger partial charge in [-0.2, -0.15) is 0 Å². The van der Waals surface area contributed by atoms with Crippen LogP contribution in [0, 0.1) is 0 Å². The lowest BCUT2D eigenvalue weighted by Crippen LogP contribution is -2.31. The maximum Gasteiger partial charge on any atom is 0.337 e. The zero-order valence-corrected chi connectivity index (χ0v) is 9.93.